The molecule has 0 atom stereocenters. The van der Waals surface area contributed by atoms with Crippen molar-refractivity contribution in [2.75, 3.05) is 0 Å². The van der Waals surface area contributed by atoms with Gasteiger partial charge in [0.05, 0.1) is 11.6 Å². The number of nitrogens with zero attached hydrogens (tertiary/aromatic N) is 2. The quantitative estimate of drug-likeness (QED) is 0.904. The van der Waals surface area contributed by atoms with Crippen LogP contribution in [0.2, 0.25) is 0 Å². The molecule has 0 amide bonds. The summed E-state index contributed by atoms with van der Waals surface area (Å²) in [5.41, 5.74) is -0.784. The molecule has 98 valence electrons. The van der Waals surface area contributed by atoms with Crippen molar-refractivity contribution >= 4 is 12.2 Å². The molecule has 0 bridgehead atoms. The van der Waals surface area contributed by atoms with E-state index in [1.165, 1.54) is 23.3 Å². The molecule has 1 aliphatic rings. The molecular formula is C12H14F2N2O2. The summed E-state index contributed by atoms with van der Waals surface area (Å²) in [6.07, 6.45) is 3.42. The predicted octanol–water partition coefficient (Wildman–Crippen LogP) is 2.52. The van der Waals surface area contributed by atoms with E-state index >= 15 is 0 Å². The Bertz CT molecular complexity index is 472. The number of hydrogen-bond acceptors (Lipinski definition) is 2. The molecule has 0 spiro atoms. The summed E-state index contributed by atoms with van der Waals surface area (Å²) in [4.78, 5) is 11.5. The standard InChI is InChI=1S/C12H14F2N2O2/c1-2-16-8-9(7-15-16)11(10(17)18)3-5-12(13,14)6-4-11/h2,7-8H,1,3-6H2,(H,17,18). The van der Waals surface area contributed by atoms with E-state index in [0.29, 0.717) is 5.56 Å². The summed E-state index contributed by atoms with van der Waals surface area (Å²) in [7, 11) is 0. The zero-order valence-corrected chi connectivity index (χ0v) is 9.77. The zero-order chi connectivity index (χ0) is 13.4. The van der Waals surface area contributed by atoms with Crippen LogP contribution in [0, 0.1) is 0 Å². The van der Waals surface area contributed by atoms with Crippen molar-refractivity contribution in [2.24, 2.45) is 0 Å². The van der Waals surface area contributed by atoms with E-state index in [1.54, 1.807) is 0 Å². The summed E-state index contributed by atoms with van der Waals surface area (Å²) in [6.45, 7) is 3.51. The van der Waals surface area contributed by atoms with Gasteiger partial charge in [-0.05, 0) is 12.8 Å². The molecule has 0 radical (unpaired) electrons. The number of aromatic nitrogens is 2. The first-order valence-electron chi connectivity index (χ1n) is 5.68. The second kappa shape index (κ2) is 4.19. The van der Waals surface area contributed by atoms with Crippen LogP contribution in [0.1, 0.15) is 31.2 Å². The lowest BCUT2D eigenvalue weighted by molar-refractivity contribution is -0.149. The second-order valence-electron chi connectivity index (χ2n) is 4.63. The number of carboxylic acids is 1. The van der Waals surface area contributed by atoms with Crippen LogP contribution in [-0.4, -0.2) is 26.8 Å². The Kier molecular flexibility index (Phi) is 2.96. The van der Waals surface area contributed by atoms with Crippen molar-refractivity contribution in [1.82, 2.24) is 9.78 Å². The van der Waals surface area contributed by atoms with Crippen molar-refractivity contribution in [1.29, 1.82) is 0 Å². The fourth-order valence-corrected chi connectivity index (χ4v) is 2.35. The summed E-state index contributed by atoms with van der Waals surface area (Å²) >= 11 is 0. The van der Waals surface area contributed by atoms with Crippen molar-refractivity contribution in [2.45, 2.75) is 37.0 Å². The topological polar surface area (TPSA) is 55.1 Å². The van der Waals surface area contributed by atoms with E-state index in [1.807, 2.05) is 0 Å². The number of halogens is 2. The van der Waals surface area contributed by atoms with Crippen LogP contribution in [-0.2, 0) is 10.2 Å². The van der Waals surface area contributed by atoms with Crippen LogP contribution < -0.4 is 0 Å². The molecule has 1 heterocycles. The summed E-state index contributed by atoms with van der Waals surface area (Å²) in [6, 6.07) is 0. The molecule has 1 saturated carbocycles. The summed E-state index contributed by atoms with van der Waals surface area (Å²) < 4.78 is 27.7. The highest BCUT2D eigenvalue weighted by molar-refractivity contribution is 5.81. The van der Waals surface area contributed by atoms with E-state index < -0.39 is 30.1 Å². The van der Waals surface area contributed by atoms with Gasteiger partial charge in [0.2, 0.25) is 5.92 Å². The lowest BCUT2D eigenvalue weighted by atomic mass is 9.69. The molecule has 1 aromatic rings. The van der Waals surface area contributed by atoms with Gasteiger partial charge in [-0.2, -0.15) is 5.10 Å². The number of aliphatic carboxylic acids is 1. The van der Waals surface area contributed by atoms with Gasteiger partial charge in [0.15, 0.2) is 0 Å². The number of carboxylic acid groups (broad SMARTS) is 1. The van der Waals surface area contributed by atoms with Crippen molar-refractivity contribution < 1.29 is 18.7 Å². The minimum Gasteiger partial charge on any atom is -0.481 e. The Morgan fingerprint density at radius 3 is 2.50 bits per heavy atom. The van der Waals surface area contributed by atoms with E-state index in [0.717, 1.165) is 0 Å². The van der Waals surface area contributed by atoms with Gasteiger partial charge in [0, 0.05) is 30.8 Å². The first kappa shape index (κ1) is 12.7. The van der Waals surface area contributed by atoms with Crippen LogP contribution in [0.3, 0.4) is 0 Å². The van der Waals surface area contributed by atoms with Crippen LogP contribution in [0.25, 0.3) is 6.20 Å². The average Bonchev–Trinajstić information content (AvgIpc) is 2.78. The molecule has 0 unspecified atom stereocenters. The number of carbonyl (C=O) groups is 1. The number of alkyl halides is 2. The Labute approximate surface area is 103 Å². The van der Waals surface area contributed by atoms with Gasteiger partial charge < -0.3 is 5.11 Å². The molecule has 1 N–H and O–H groups in total. The molecular weight excluding hydrogens is 242 g/mol. The maximum Gasteiger partial charge on any atom is 0.314 e. The fourth-order valence-electron chi connectivity index (χ4n) is 2.35. The van der Waals surface area contributed by atoms with Gasteiger partial charge in [0.1, 0.15) is 0 Å². The highest BCUT2D eigenvalue weighted by atomic mass is 19.3. The molecule has 0 aliphatic heterocycles. The third kappa shape index (κ3) is 2.02. The minimum absolute atomic E-state index is 0.0713. The molecule has 0 aromatic carbocycles. The maximum atomic E-state index is 13.2. The van der Waals surface area contributed by atoms with Gasteiger partial charge in [0.25, 0.3) is 0 Å². The Morgan fingerprint density at radius 1 is 1.44 bits per heavy atom. The van der Waals surface area contributed by atoms with Crippen molar-refractivity contribution in [3.63, 3.8) is 0 Å². The third-order valence-corrected chi connectivity index (χ3v) is 3.59. The van der Waals surface area contributed by atoms with Crippen molar-refractivity contribution in [3.8, 4) is 0 Å². The molecule has 1 aromatic heterocycles. The smallest absolute Gasteiger partial charge is 0.314 e. The summed E-state index contributed by atoms with van der Waals surface area (Å²) in [5, 5.41) is 13.3. The van der Waals surface area contributed by atoms with Gasteiger partial charge in [-0.15, -0.1) is 0 Å². The highest BCUT2D eigenvalue weighted by Gasteiger charge is 2.49. The monoisotopic (exact) mass is 256 g/mol. The number of hydrogen-bond donors (Lipinski definition) is 1. The van der Waals surface area contributed by atoms with Crippen LogP contribution in [0.5, 0.6) is 0 Å². The van der Waals surface area contributed by atoms with Crippen LogP contribution >= 0.6 is 0 Å². The Morgan fingerprint density at radius 2 is 2.06 bits per heavy atom. The molecule has 1 aliphatic carbocycles. The normalized spacial score (nSPS) is 21.4. The van der Waals surface area contributed by atoms with Crippen LogP contribution in [0.15, 0.2) is 19.0 Å². The zero-order valence-electron chi connectivity index (χ0n) is 9.77. The highest BCUT2D eigenvalue weighted by Crippen LogP contribution is 2.45. The predicted molar refractivity (Wildman–Crippen MR) is 61.3 cm³/mol. The molecule has 18 heavy (non-hydrogen) atoms. The lowest BCUT2D eigenvalue weighted by Gasteiger charge is -2.36. The molecule has 4 nitrogen and oxygen atoms in total. The maximum absolute atomic E-state index is 13.2. The Balaban J connectivity index is 2.34. The molecule has 0 saturated heterocycles. The van der Waals surface area contributed by atoms with Gasteiger partial charge in [-0.25, -0.2) is 13.5 Å². The van der Waals surface area contributed by atoms with Gasteiger partial charge in [-0.3, -0.25) is 4.79 Å². The molecule has 2 rings (SSSR count). The molecule has 1 fully saturated rings. The lowest BCUT2D eigenvalue weighted by Crippen LogP contribution is -2.42. The van der Waals surface area contributed by atoms with E-state index in [-0.39, 0.29) is 12.8 Å². The number of rotatable bonds is 3. The van der Waals surface area contributed by atoms with E-state index in [9.17, 15) is 18.7 Å². The Hall–Kier alpha value is -1.72. The third-order valence-electron chi connectivity index (χ3n) is 3.59. The first-order chi connectivity index (χ1) is 8.39. The largest absolute Gasteiger partial charge is 0.481 e. The molecule has 6 heteroatoms. The summed E-state index contributed by atoms with van der Waals surface area (Å²) in [5.74, 6) is -3.82. The van der Waals surface area contributed by atoms with Gasteiger partial charge >= 0.3 is 5.97 Å². The minimum atomic E-state index is -2.76. The average molecular weight is 256 g/mol. The van der Waals surface area contributed by atoms with Crippen molar-refractivity contribution in [3.05, 3.63) is 24.5 Å². The van der Waals surface area contributed by atoms with Gasteiger partial charge in [-0.1, -0.05) is 6.58 Å². The SMILES string of the molecule is C=Cn1cc(C2(C(=O)O)CCC(F)(F)CC2)cn1. The first-order valence-corrected chi connectivity index (χ1v) is 5.68. The van der Waals surface area contributed by atoms with Crippen LogP contribution in [0.4, 0.5) is 8.78 Å². The second-order valence-corrected chi connectivity index (χ2v) is 4.63. The van der Waals surface area contributed by atoms with E-state index in [2.05, 4.69) is 11.7 Å². The fraction of sp³-hybridized carbons (Fsp3) is 0.500. The van der Waals surface area contributed by atoms with E-state index in [4.69, 9.17) is 0 Å².